The third-order valence-electron chi connectivity index (χ3n) is 9.29. The lowest BCUT2D eigenvalue weighted by Crippen LogP contribution is -2.77. The average molecular weight is 663 g/mol. The van der Waals surface area contributed by atoms with E-state index in [2.05, 4.69) is 5.32 Å². The molecule has 2 aromatic carbocycles. The minimum Gasteiger partial charge on any atom is -0.508 e. The summed E-state index contributed by atoms with van der Waals surface area (Å²) >= 11 is 0. The molecule has 2 unspecified atom stereocenters. The van der Waals surface area contributed by atoms with Crippen LogP contribution in [0, 0.1) is 23.7 Å². The molecule has 0 aliphatic heterocycles. The van der Waals surface area contributed by atoms with E-state index in [1.165, 1.54) is 32.0 Å². The number of fused-ring (bicyclic) bond motifs is 3. The molecular formula is C30H29F3N4O10. The molecule has 0 bridgehead atoms. The summed E-state index contributed by atoms with van der Waals surface area (Å²) in [5.41, 5.74) is -0.973. The number of alkyl halides is 3. The van der Waals surface area contributed by atoms with Crippen molar-refractivity contribution >= 4 is 46.4 Å². The van der Waals surface area contributed by atoms with Gasteiger partial charge in [0.25, 0.3) is 0 Å². The number of phenolic OH excluding ortho intramolecular Hbond substituents is 2. The summed E-state index contributed by atoms with van der Waals surface area (Å²) in [6.45, 7) is 1.48. The number of likely N-dealkylation sites (N-methyl/N-ethyl adjacent to an activating group) is 1. The third-order valence-corrected chi connectivity index (χ3v) is 9.29. The number of ketones is 4. The molecule has 0 aromatic heterocycles. The summed E-state index contributed by atoms with van der Waals surface area (Å²) in [6, 6.07) is 1.63. The third kappa shape index (κ3) is 4.92. The number of amides is 3. The topological polar surface area (TPSA) is 237 Å². The Bertz CT molecular complexity index is 1760. The molecule has 0 spiro atoms. The number of aromatic hydroxyl groups is 2. The molecule has 2 saturated carbocycles. The Balaban J connectivity index is 1.54. The van der Waals surface area contributed by atoms with E-state index in [9.17, 15) is 62.4 Å². The van der Waals surface area contributed by atoms with Crippen molar-refractivity contribution in [2.24, 2.45) is 29.4 Å². The van der Waals surface area contributed by atoms with Gasteiger partial charge in [-0.1, -0.05) is 13.0 Å². The van der Waals surface area contributed by atoms with E-state index >= 15 is 0 Å². The number of benzene rings is 2. The van der Waals surface area contributed by atoms with Crippen LogP contribution in [0.4, 0.5) is 29.3 Å². The van der Waals surface area contributed by atoms with Crippen molar-refractivity contribution in [3.05, 3.63) is 47.0 Å². The number of hydrogen-bond donors (Lipinski definition) is 7. The zero-order valence-electron chi connectivity index (χ0n) is 24.8. The van der Waals surface area contributed by atoms with Crippen molar-refractivity contribution < 1.29 is 62.4 Å². The van der Waals surface area contributed by atoms with Gasteiger partial charge in [0.15, 0.2) is 34.7 Å². The lowest BCUT2D eigenvalue weighted by Gasteiger charge is -2.56. The van der Waals surface area contributed by atoms with Crippen LogP contribution in [-0.2, 0) is 25.4 Å². The summed E-state index contributed by atoms with van der Waals surface area (Å²) in [5.74, 6) is -16.6. The lowest BCUT2D eigenvalue weighted by molar-refractivity contribution is -0.196. The molecule has 250 valence electrons. The van der Waals surface area contributed by atoms with Crippen LogP contribution in [0.3, 0.4) is 0 Å². The van der Waals surface area contributed by atoms with Gasteiger partial charge in [0.1, 0.15) is 11.5 Å². The molecule has 0 radical (unpaired) electrons. The molecule has 3 aliphatic carbocycles. The van der Waals surface area contributed by atoms with Crippen LogP contribution in [0.1, 0.15) is 34.3 Å². The molecule has 17 heteroatoms. The number of nitrogens with one attached hydrogen (secondary N) is 2. The van der Waals surface area contributed by atoms with E-state index in [1.54, 1.807) is 0 Å². The molecular weight excluding hydrogens is 633 g/mol. The summed E-state index contributed by atoms with van der Waals surface area (Å²) in [4.78, 5) is 80.7. The zero-order chi connectivity index (χ0) is 35.1. The Labute approximate surface area is 263 Å². The number of carbonyl (C=O) groups is 6. The highest BCUT2D eigenvalue weighted by Crippen LogP contribution is 2.55. The first-order valence-corrected chi connectivity index (χ1v) is 14.1. The number of aliphatic hydroxyl groups excluding tert-OH is 1. The number of anilines is 2. The van der Waals surface area contributed by atoms with Crippen molar-refractivity contribution in [2.75, 3.05) is 24.7 Å². The molecule has 0 saturated heterocycles. The van der Waals surface area contributed by atoms with Crippen LogP contribution in [0.25, 0.3) is 0 Å². The van der Waals surface area contributed by atoms with Crippen LogP contribution in [0.15, 0.2) is 30.3 Å². The molecule has 3 amide bonds. The van der Waals surface area contributed by atoms with Crippen LogP contribution >= 0.6 is 0 Å². The number of halogens is 3. The number of urea groups is 1. The van der Waals surface area contributed by atoms with E-state index in [4.69, 9.17) is 5.73 Å². The molecule has 2 fully saturated rings. The largest absolute Gasteiger partial charge is 0.508 e. The average Bonchev–Trinajstić information content (AvgIpc) is 2.96. The molecule has 2 aromatic rings. The smallest absolute Gasteiger partial charge is 0.418 e. The molecule has 5 rings (SSSR count). The van der Waals surface area contributed by atoms with Crippen LogP contribution in [0.5, 0.6) is 11.5 Å². The first-order valence-electron chi connectivity index (χ1n) is 14.1. The number of aliphatic hydroxyl groups is 2. The fourth-order valence-corrected chi connectivity index (χ4v) is 7.24. The van der Waals surface area contributed by atoms with Crippen LogP contribution < -0.4 is 16.4 Å². The van der Waals surface area contributed by atoms with Crippen molar-refractivity contribution in [1.29, 1.82) is 0 Å². The van der Waals surface area contributed by atoms with E-state index in [1.807, 2.05) is 5.32 Å². The summed E-state index contributed by atoms with van der Waals surface area (Å²) in [5, 5.41) is 48.0. The number of rotatable bonds is 4. The minimum atomic E-state index is -4.97. The van der Waals surface area contributed by atoms with Gasteiger partial charge in [-0.2, -0.15) is 13.2 Å². The van der Waals surface area contributed by atoms with E-state index in [0.717, 1.165) is 18.2 Å². The van der Waals surface area contributed by atoms with Gasteiger partial charge in [-0.25, -0.2) is 4.79 Å². The maximum absolute atomic E-state index is 14.0. The second kappa shape index (κ2) is 11.1. The molecule has 8 atom stereocenters. The van der Waals surface area contributed by atoms with Gasteiger partial charge >= 0.3 is 12.2 Å². The van der Waals surface area contributed by atoms with Gasteiger partial charge in [0.05, 0.1) is 46.5 Å². The van der Waals surface area contributed by atoms with Gasteiger partial charge in [-0.3, -0.25) is 28.9 Å². The quantitative estimate of drug-likeness (QED) is 0.137. The fraction of sp³-hybridized carbons (Fsp3) is 0.400. The highest BCUT2D eigenvalue weighted by Gasteiger charge is 2.73. The Morgan fingerprint density at radius 2 is 1.57 bits per heavy atom. The Hall–Kier alpha value is -4.87. The summed E-state index contributed by atoms with van der Waals surface area (Å²) in [6.07, 6.45) is -6.81. The maximum Gasteiger partial charge on any atom is 0.418 e. The Kier molecular flexibility index (Phi) is 7.93. The minimum absolute atomic E-state index is 0.0831. The number of primary amides is 1. The second-order valence-electron chi connectivity index (χ2n) is 12.1. The van der Waals surface area contributed by atoms with Gasteiger partial charge in [-0.15, -0.1) is 0 Å². The maximum atomic E-state index is 14.0. The SMILES string of the molecule is C[C@H]1c2ccc(NC(=O)Nc3ccc(O)cc3C(F)(F)F)c(O)c2C(=O)C2C(=O)[C@]3(O)C(=O)C(C(N)=O)C(=O)[C@@H](N(C)C)[C@@H]3[C@@H](O)[C@@H]21. The van der Waals surface area contributed by atoms with Crippen LogP contribution in [-0.4, -0.2) is 92.2 Å². The Morgan fingerprint density at radius 3 is 2.15 bits per heavy atom. The molecule has 3 aliphatic rings. The monoisotopic (exact) mass is 662 g/mol. The van der Waals surface area contributed by atoms with Crippen molar-refractivity contribution in [3.8, 4) is 11.5 Å². The second-order valence-corrected chi connectivity index (χ2v) is 12.1. The van der Waals surface area contributed by atoms with Gasteiger partial charge < -0.3 is 36.8 Å². The number of nitrogens with zero attached hydrogens (tertiary/aromatic N) is 1. The standard InChI is InChI=1S/C30H29F3N4O10/c1-9-11-5-7-14(36-28(46)35-13-6-4-10(38)8-12(13)30(31,32)33)21(39)16(11)22(40)17-15(9)23(41)19-20(37(2)3)24(42)18(27(34)45)26(44)29(19,47)25(17)43/h4-9,15,17-20,23,38-39,41,47H,1-3H3,(H2,34,45)(H2,35,36,46)/t9-,15+,17?,18?,19+,20-,23-,29-/m0/s1. The predicted molar refractivity (Wildman–Crippen MR) is 153 cm³/mol. The van der Waals surface area contributed by atoms with E-state index < -0.39 is 123 Å². The number of carbonyl (C=O) groups excluding carboxylic acids is 6. The first-order chi connectivity index (χ1) is 21.7. The first kappa shape index (κ1) is 33.5. The van der Waals surface area contributed by atoms with E-state index in [-0.39, 0.29) is 5.56 Å². The normalized spacial score (nSPS) is 30.4. The van der Waals surface area contributed by atoms with Crippen molar-refractivity contribution in [1.82, 2.24) is 4.90 Å². The number of hydrogen-bond acceptors (Lipinski definition) is 11. The number of Topliss-reactive ketones (excluding diaryl/α,β-unsaturated/α-hetero) is 4. The lowest BCUT2D eigenvalue weighted by atomic mass is 9.49. The van der Waals surface area contributed by atoms with Crippen LogP contribution in [0.2, 0.25) is 0 Å². The molecule has 8 N–H and O–H groups in total. The summed E-state index contributed by atoms with van der Waals surface area (Å²) in [7, 11) is 2.72. The summed E-state index contributed by atoms with van der Waals surface area (Å²) < 4.78 is 40.3. The van der Waals surface area contributed by atoms with Gasteiger partial charge in [0.2, 0.25) is 5.91 Å². The van der Waals surface area contributed by atoms with Gasteiger partial charge in [-0.05, 0) is 49.8 Å². The molecule has 0 heterocycles. The van der Waals surface area contributed by atoms with Crippen molar-refractivity contribution in [3.63, 3.8) is 0 Å². The number of phenols is 2. The zero-order valence-corrected chi connectivity index (χ0v) is 24.8. The highest BCUT2D eigenvalue weighted by molar-refractivity contribution is 6.32. The van der Waals surface area contributed by atoms with E-state index in [0.29, 0.717) is 6.07 Å². The molecule has 14 nitrogen and oxygen atoms in total. The highest BCUT2D eigenvalue weighted by atomic mass is 19.4. The fourth-order valence-electron chi connectivity index (χ4n) is 7.24. The predicted octanol–water partition coefficient (Wildman–Crippen LogP) is 0.767. The van der Waals surface area contributed by atoms with Gasteiger partial charge in [0, 0.05) is 5.92 Å². The Morgan fingerprint density at radius 1 is 0.979 bits per heavy atom. The van der Waals surface area contributed by atoms with Crippen molar-refractivity contribution in [2.45, 2.75) is 36.8 Å². The molecule has 47 heavy (non-hydrogen) atoms. The number of nitrogens with two attached hydrogens (primary N) is 1.